The Kier molecular flexibility index (Phi) is 3.12. The molecule has 2 aromatic rings. The molecule has 0 aromatic heterocycles. The molecule has 88 valence electrons. The highest BCUT2D eigenvalue weighted by atomic mass is 35.5. The van der Waals surface area contributed by atoms with E-state index in [9.17, 15) is 9.59 Å². The van der Waals surface area contributed by atoms with E-state index in [0.717, 1.165) is 5.56 Å². The molecule has 0 saturated carbocycles. The lowest BCUT2D eigenvalue weighted by atomic mass is 10.1. The molecular formula is C11H10ClN3O2. The Morgan fingerprint density at radius 1 is 1.24 bits per heavy atom. The first-order valence-corrected chi connectivity index (χ1v) is 5.29. The Morgan fingerprint density at radius 3 is 2.65 bits per heavy atom. The SMILES string of the molecule is Nc1c(Nc2cccc(CNCl)c2)c(=O)c1=O. The van der Waals surface area contributed by atoms with Crippen LogP contribution in [0.1, 0.15) is 5.56 Å². The number of halogens is 1. The maximum atomic E-state index is 11.2. The number of nitrogen functional groups attached to an aromatic ring is 1. The molecule has 0 saturated heterocycles. The quantitative estimate of drug-likeness (QED) is 0.554. The van der Waals surface area contributed by atoms with E-state index in [1.165, 1.54) is 0 Å². The number of benzene rings is 1. The van der Waals surface area contributed by atoms with Crippen LogP contribution in [0.3, 0.4) is 0 Å². The molecule has 0 fully saturated rings. The van der Waals surface area contributed by atoms with E-state index in [2.05, 4.69) is 10.2 Å². The van der Waals surface area contributed by atoms with Crippen LogP contribution >= 0.6 is 11.8 Å². The molecule has 0 unspecified atom stereocenters. The number of rotatable bonds is 4. The molecule has 0 bridgehead atoms. The van der Waals surface area contributed by atoms with Crippen molar-refractivity contribution in [1.82, 2.24) is 4.84 Å². The third-order valence-electron chi connectivity index (χ3n) is 2.41. The number of nitrogens with one attached hydrogen (secondary N) is 2. The summed E-state index contributed by atoms with van der Waals surface area (Å²) in [6.07, 6.45) is 0. The predicted octanol–water partition coefficient (Wildman–Crippen LogP) is 0.852. The maximum Gasteiger partial charge on any atom is 0.253 e. The van der Waals surface area contributed by atoms with Gasteiger partial charge < -0.3 is 11.1 Å². The summed E-state index contributed by atoms with van der Waals surface area (Å²) in [6, 6.07) is 7.28. The van der Waals surface area contributed by atoms with E-state index in [-0.39, 0.29) is 11.4 Å². The summed E-state index contributed by atoms with van der Waals surface area (Å²) >= 11 is 5.40. The molecule has 4 N–H and O–H groups in total. The second-order valence-electron chi connectivity index (χ2n) is 3.58. The zero-order valence-corrected chi connectivity index (χ0v) is 9.54. The molecule has 5 nitrogen and oxygen atoms in total. The van der Waals surface area contributed by atoms with Gasteiger partial charge in [-0.15, -0.1) is 0 Å². The van der Waals surface area contributed by atoms with Gasteiger partial charge in [0.15, 0.2) is 0 Å². The number of nitrogens with two attached hydrogens (primary N) is 1. The van der Waals surface area contributed by atoms with Gasteiger partial charge in [0.2, 0.25) is 0 Å². The van der Waals surface area contributed by atoms with E-state index in [4.69, 9.17) is 17.5 Å². The highest BCUT2D eigenvalue weighted by Gasteiger charge is 2.17. The van der Waals surface area contributed by atoms with Crippen molar-refractivity contribution in [2.45, 2.75) is 6.54 Å². The summed E-state index contributed by atoms with van der Waals surface area (Å²) in [4.78, 5) is 24.6. The molecule has 0 aliphatic rings. The number of hydrogen-bond donors (Lipinski definition) is 3. The molecule has 0 aliphatic carbocycles. The molecule has 0 atom stereocenters. The average Bonchev–Trinajstić information content (AvgIpc) is 2.35. The van der Waals surface area contributed by atoms with Crippen LogP contribution in [0.2, 0.25) is 0 Å². The lowest BCUT2D eigenvalue weighted by Gasteiger charge is -2.10. The van der Waals surface area contributed by atoms with Crippen LogP contribution < -0.4 is 26.7 Å². The highest BCUT2D eigenvalue weighted by molar-refractivity contribution is 6.13. The molecule has 0 aliphatic heterocycles. The second kappa shape index (κ2) is 4.57. The normalized spacial score (nSPS) is 10.6. The first kappa shape index (κ1) is 11.6. The Hall–Kier alpha value is -1.85. The zero-order valence-electron chi connectivity index (χ0n) is 8.79. The molecule has 17 heavy (non-hydrogen) atoms. The van der Waals surface area contributed by atoms with Crippen LogP contribution in [-0.4, -0.2) is 0 Å². The highest BCUT2D eigenvalue weighted by Crippen LogP contribution is 2.19. The van der Waals surface area contributed by atoms with Gasteiger partial charge in [-0.2, -0.15) is 0 Å². The summed E-state index contributed by atoms with van der Waals surface area (Å²) in [5.41, 5.74) is 5.98. The minimum Gasteiger partial charge on any atom is -0.394 e. The van der Waals surface area contributed by atoms with Gasteiger partial charge in [0.25, 0.3) is 10.9 Å². The summed E-state index contributed by atoms with van der Waals surface area (Å²) in [7, 11) is 0. The third kappa shape index (κ3) is 2.15. The Balaban J connectivity index is 2.22. The van der Waals surface area contributed by atoms with Crippen LogP contribution in [0.15, 0.2) is 33.9 Å². The number of hydrogen-bond acceptors (Lipinski definition) is 5. The van der Waals surface area contributed by atoms with E-state index < -0.39 is 10.9 Å². The fourth-order valence-electron chi connectivity index (χ4n) is 1.51. The lowest BCUT2D eigenvalue weighted by molar-refractivity contribution is 0.964. The van der Waals surface area contributed by atoms with Gasteiger partial charge in [-0.1, -0.05) is 12.1 Å². The third-order valence-corrected chi connectivity index (χ3v) is 2.55. The minimum atomic E-state index is -0.633. The van der Waals surface area contributed by atoms with Gasteiger partial charge in [0.1, 0.15) is 11.4 Å². The van der Waals surface area contributed by atoms with E-state index in [0.29, 0.717) is 12.2 Å². The van der Waals surface area contributed by atoms with Crippen molar-refractivity contribution < 1.29 is 0 Å². The van der Waals surface area contributed by atoms with E-state index in [1.54, 1.807) is 6.07 Å². The van der Waals surface area contributed by atoms with Crippen LogP contribution in [0.25, 0.3) is 0 Å². The van der Waals surface area contributed by atoms with Gasteiger partial charge in [0, 0.05) is 12.2 Å². The molecule has 0 heterocycles. The van der Waals surface area contributed by atoms with Crippen LogP contribution in [0.5, 0.6) is 0 Å². The van der Waals surface area contributed by atoms with Crippen molar-refractivity contribution in [1.29, 1.82) is 0 Å². The first-order valence-electron chi connectivity index (χ1n) is 4.91. The smallest absolute Gasteiger partial charge is 0.253 e. The fraction of sp³-hybridized carbons (Fsp3) is 0.0909. The molecular weight excluding hydrogens is 242 g/mol. The minimum absolute atomic E-state index is 0.0177. The summed E-state index contributed by atoms with van der Waals surface area (Å²) in [5, 5.41) is 2.82. The average molecular weight is 252 g/mol. The topological polar surface area (TPSA) is 84.2 Å². The summed E-state index contributed by atoms with van der Waals surface area (Å²) in [5.74, 6) is 0. The lowest BCUT2D eigenvalue weighted by Crippen LogP contribution is -2.36. The van der Waals surface area contributed by atoms with Crippen molar-refractivity contribution in [3.05, 3.63) is 50.3 Å². The van der Waals surface area contributed by atoms with Gasteiger partial charge >= 0.3 is 0 Å². The van der Waals surface area contributed by atoms with Gasteiger partial charge in [0.05, 0.1) is 0 Å². The van der Waals surface area contributed by atoms with Gasteiger partial charge in [-0.3, -0.25) is 9.59 Å². The largest absolute Gasteiger partial charge is 0.394 e. The van der Waals surface area contributed by atoms with Crippen molar-refractivity contribution in [3.8, 4) is 0 Å². The second-order valence-corrected chi connectivity index (χ2v) is 3.85. The summed E-state index contributed by atoms with van der Waals surface area (Å²) in [6.45, 7) is 0.498. The van der Waals surface area contributed by atoms with Crippen LogP contribution in [0, 0.1) is 0 Å². The van der Waals surface area contributed by atoms with Crippen LogP contribution in [0.4, 0.5) is 17.1 Å². The van der Waals surface area contributed by atoms with Crippen molar-refractivity contribution >= 4 is 28.8 Å². The fourth-order valence-corrected chi connectivity index (χ4v) is 1.67. The van der Waals surface area contributed by atoms with Gasteiger partial charge in [-0.25, -0.2) is 4.84 Å². The van der Waals surface area contributed by atoms with Crippen molar-refractivity contribution in [2.24, 2.45) is 0 Å². The Morgan fingerprint density at radius 2 is 2.00 bits per heavy atom. The standard InChI is InChI=1S/C11H10ClN3O2/c12-14-5-6-2-1-3-7(4-6)15-9-8(13)10(16)11(9)17/h1-4,14-15H,5,13H2. The van der Waals surface area contributed by atoms with Gasteiger partial charge in [-0.05, 0) is 29.5 Å². The first-order chi connectivity index (χ1) is 8.13. The predicted molar refractivity (Wildman–Crippen MR) is 68.2 cm³/mol. The Bertz CT molecular complexity index is 617. The molecule has 6 heteroatoms. The maximum absolute atomic E-state index is 11.2. The molecule has 0 spiro atoms. The van der Waals surface area contributed by atoms with E-state index in [1.807, 2.05) is 18.2 Å². The van der Waals surface area contributed by atoms with E-state index >= 15 is 0 Å². The zero-order chi connectivity index (χ0) is 12.4. The molecule has 0 radical (unpaired) electrons. The number of anilines is 3. The van der Waals surface area contributed by atoms with Crippen molar-refractivity contribution in [2.75, 3.05) is 11.1 Å². The molecule has 0 amide bonds. The summed E-state index contributed by atoms with van der Waals surface area (Å²) < 4.78 is 0. The van der Waals surface area contributed by atoms with Crippen LogP contribution in [-0.2, 0) is 6.54 Å². The molecule has 2 aromatic carbocycles. The Labute approximate surface area is 102 Å². The molecule has 2 rings (SSSR count). The van der Waals surface area contributed by atoms with Crippen molar-refractivity contribution in [3.63, 3.8) is 0 Å². The monoisotopic (exact) mass is 251 g/mol.